The molecule has 0 amide bonds. The molecule has 0 aliphatic rings. The van der Waals surface area contributed by atoms with Crippen LogP contribution in [-0.2, 0) is 0 Å². The van der Waals surface area contributed by atoms with Crippen molar-refractivity contribution in [2.45, 2.75) is 0 Å². The molecule has 0 spiro atoms. The topological polar surface area (TPSA) is 69.6 Å². The molecule has 0 fully saturated rings. The molecule has 2 N–H and O–H groups in total. The minimum atomic E-state index is 0.597. The summed E-state index contributed by atoms with van der Waals surface area (Å²) >= 11 is 9.51. The van der Waals surface area contributed by atoms with Crippen LogP contribution < -0.4 is 5.73 Å². The molecule has 0 atom stereocenters. The van der Waals surface area contributed by atoms with E-state index in [9.17, 15) is 0 Å². The summed E-state index contributed by atoms with van der Waals surface area (Å²) in [6.07, 6.45) is 0. The number of nitrogens with two attached hydrogens (primary N) is 1. The summed E-state index contributed by atoms with van der Waals surface area (Å²) in [5.74, 6) is 0.597. The van der Waals surface area contributed by atoms with Crippen LogP contribution in [0, 0.1) is 0 Å². The van der Waals surface area contributed by atoms with E-state index in [1.807, 2.05) is 30.3 Å². The summed E-state index contributed by atoms with van der Waals surface area (Å²) in [7, 11) is 0. The van der Waals surface area contributed by atoms with Crippen molar-refractivity contribution in [3.63, 3.8) is 0 Å². The van der Waals surface area contributed by atoms with Crippen LogP contribution in [0.3, 0.4) is 0 Å². The fourth-order valence-electron chi connectivity index (χ4n) is 1.86. The predicted octanol–water partition coefficient (Wildman–Crippen LogP) is 3.33. The number of halogens is 2. The fraction of sp³-hybridized carbons (Fsp3) is 0. The summed E-state index contributed by atoms with van der Waals surface area (Å²) in [4.78, 5) is 0. The Morgan fingerprint density at radius 1 is 1.15 bits per heavy atom. The molecule has 0 aliphatic carbocycles. The lowest BCUT2D eigenvalue weighted by Gasteiger charge is -2.07. The second-order valence-corrected chi connectivity index (χ2v) is 5.43. The molecule has 0 saturated heterocycles. The van der Waals surface area contributed by atoms with Gasteiger partial charge in [0.15, 0.2) is 5.82 Å². The van der Waals surface area contributed by atoms with E-state index < -0.39 is 0 Å². The first-order valence-electron chi connectivity index (χ1n) is 5.75. The van der Waals surface area contributed by atoms with Gasteiger partial charge in [0.25, 0.3) is 0 Å². The van der Waals surface area contributed by atoms with Gasteiger partial charge < -0.3 is 5.73 Å². The Balaban J connectivity index is 2.18. The number of aromatic nitrogens is 4. The monoisotopic (exact) mass is 349 g/mol. The highest BCUT2D eigenvalue weighted by Crippen LogP contribution is 2.28. The Kier molecular flexibility index (Phi) is 3.42. The van der Waals surface area contributed by atoms with Crippen molar-refractivity contribution >= 4 is 33.2 Å². The first kappa shape index (κ1) is 13.1. The number of benzene rings is 2. The molecular weight excluding hydrogens is 342 g/mol. The van der Waals surface area contributed by atoms with E-state index >= 15 is 0 Å². The maximum Gasteiger partial charge on any atom is 0.187 e. The second kappa shape index (κ2) is 5.22. The van der Waals surface area contributed by atoms with Gasteiger partial charge in [-0.1, -0.05) is 23.7 Å². The number of tetrazole rings is 1. The highest BCUT2D eigenvalue weighted by Gasteiger charge is 2.13. The molecule has 3 rings (SSSR count). The molecule has 1 aromatic heterocycles. The average molecular weight is 351 g/mol. The van der Waals surface area contributed by atoms with Crippen LogP contribution in [0.1, 0.15) is 0 Å². The third-order valence-corrected chi connectivity index (χ3v) is 3.66. The Morgan fingerprint density at radius 3 is 2.80 bits per heavy atom. The smallest absolute Gasteiger partial charge is 0.187 e. The molecular formula is C13H9BrClN5. The molecule has 20 heavy (non-hydrogen) atoms. The standard InChI is InChI=1S/C13H9BrClN5/c14-11-5-4-9(15)7-12(11)20-13(17-18-19-20)8-2-1-3-10(16)6-8/h1-7H,16H2. The Morgan fingerprint density at radius 2 is 2.00 bits per heavy atom. The maximum absolute atomic E-state index is 6.03. The van der Waals surface area contributed by atoms with E-state index in [0.29, 0.717) is 16.5 Å². The molecule has 3 aromatic rings. The van der Waals surface area contributed by atoms with Crippen molar-refractivity contribution < 1.29 is 0 Å². The Hall–Kier alpha value is -1.92. The normalized spacial score (nSPS) is 10.7. The summed E-state index contributed by atoms with van der Waals surface area (Å²) in [5.41, 5.74) is 8.05. The van der Waals surface area contributed by atoms with E-state index in [4.69, 9.17) is 17.3 Å². The van der Waals surface area contributed by atoms with Gasteiger partial charge in [0, 0.05) is 20.7 Å². The number of nitrogens with zero attached hydrogens (tertiary/aromatic N) is 4. The summed E-state index contributed by atoms with van der Waals surface area (Å²) in [5, 5.41) is 12.4. The number of hydrogen-bond donors (Lipinski definition) is 1. The Bertz CT molecular complexity index is 771. The lowest BCUT2D eigenvalue weighted by atomic mass is 10.2. The zero-order valence-corrected chi connectivity index (χ0v) is 12.5. The quantitative estimate of drug-likeness (QED) is 0.720. The van der Waals surface area contributed by atoms with Crippen molar-refractivity contribution in [3.8, 4) is 17.1 Å². The zero-order chi connectivity index (χ0) is 14.1. The zero-order valence-electron chi connectivity index (χ0n) is 10.2. The molecule has 1 heterocycles. The first-order chi connectivity index (χ1) is 9.65. The lowest BCUT2D eigenvalue weighted by Crippen LogP contribution is -2.01. The van der Waals surface area contributed by atoms with Crippen LogP contribution in [-0.4, -0.2) is 20.2 Å². The first-order valence-corrected chi connectivity index (χ1v) is 6.92. The van der Waals surface area contributed by atoms with E-state index in [1.54, 1.807) is 16.8 Å². The van der Waals surface area contributed by atoms with E-state index in [1.165, 1.54) is 0 Å². The molecule has 0 bridgehead atoms. The van der Waals surface area contributed by atoms with Gasteiger partial charge in [0.2, 0.25) is 0 Å². The van der Waals surface area contributed by atoms with Gasteiger partial charge in [-0.3, -0.25) is 0 Å². The van der Waals surface area contributed by atoms with E-state index in [-0.39, 0.29) is 0 Å². The molecule has 0 aliphatic heterocycles. The molecule has 0 unspecified atom stereocenters. The number of rotatable bonds is 2. The number of nitrogen functional groups attached to an aromatic ring is 1. The van der Waals surface area contributed by atoms with E-state index in [2.05, 4.69) is 31.5 Å². The van der Waals surface area contributed by atoms with Gasteiger partial charge in [0.1, 0.15) is 0 Å². The fourth-order valence-corrected chi connectivity index (χ4v) is 2.44. The van der Waals surface area contributed by atoms with Crippen molar-refractivity contribution in [1.82, 2.24) is 20.2 Å². The van der Waals surface area contributed by atoms with Gasteiger partial charge >= 0.3 is 0 Å². The molecule has 0 radical (unpaired) electrons. The molecule has 0 saturated carbocycles. The van der Waals surface area contributed by atoms with Crippen LogP contribution in [0.15, 0.2) is 46.9 Å². The van der Waals surface area contributed by atoms with E-state index in [0.717, 1.165) is 15.7 Å². The predicted molar refractivity (Wildman–Crippen MR) is 81.7 cm³/mol. The van der Waals surface area contributed by atoms with Crippen molar-refractivity contribution in [3.05, 3.63) is 52.0 Å². The third kappa shape index (κ3) is 2.39. The highest BCUT2D eigenvalue weighted by molar-refractivity contribution is 9.10. The van der Waals surface area contributed by atoms with Crippen molar-refractivity contribution in [1.29, 1.82) is 0 Å². The van der Waals surface area contributed by atoms with Crippen molar-refractivity contribution in [2.75, 3.05) is 5.73 Å². The van der Waals surface area contributed by atoms with Crippen LogP contribution in [0.25, 0.3) is 17.1 Å². The van der Waals surface area contributed by atoms with Crippen LogP contribution >= 0.6 is 27.5 Å². The highest BCUT2D eigenvalue weighted by atomic mass is 79.9. The molecule has 5 nitrogen and oxygen atoms in total. The van der Waals surface area contributed by atoms with Gasteiger partial charge in [-0.2, -0.15) is 4.68 Å². The molecule has 7 heteroatoms. The minimum Gasteiger partial charge on any atom is -0.399 e. The molecule has 100 valence electrons. The average Bonchev–Trinajstić information content (AvgIpc) is 2.90. The minimum absolute atomic E-state index is 0.597. The summed E-state index contributed by atoms with van der Waals surface area (Å²) < 4.78 is 2.46. The van der Waals surface area contributed by atoms with Gasteiger partial charge in [0.05, 0.1) is 5.69 Å². The Labute approximate surface area is 128 Å². The molecule has 2 aromatic carbocycles. The van der Waals surface area contributed by atoms with Crippen LogP contribution in [0.2, 0.25) is 5.02 Å². The summed E-state index contributed by atoms with van der Waals surface area (Å²) in [6, 6.07) is 12.8. The van der Waals surface area contributed by atoms with Crippen LogP contribution in [0.5, 0.6) is 0 Å². The third-order valence-electron chi connectivity index (χ3n) is 2.75. The van der Waals surface area contributed by atoms with Gasteiger partial charge in [-0.05, 0) is 56.7 Å². The van der Waals surface area contributed by atoms with Crippen LogP contribution in [0.4, 0.5) is 5.69 Å². The SMILES string of the molecule is Nc1cccc(-c2nnnn2-c2cc(Cl)ccc2Br)c1. The number of hydrogen-bond acceptors (Lipinski definition) is 4. The van der Waals surface area contributed by atoms with Gasteiger partial charge in [-0.25, -0.2) is 0 Å². The largest absolute Gasteiger partial charge is 0.399 e. The van der Waals surface area contributed by atoms with Crippen molar-refractivity contribution in [2.24, 2.45) is 0 Å². The summed E-state index contributed by atoms with van der Waals surface area (Å²) in [6.45, 7) is 0. The second-order valence-electron chi connectivity index (χ2n) is 4.14. The number of anilines is 1. The maximum atomic E-state index is 6.03. The lowest BCUT2D eigenvalue weighted by molar-refractivity contribution is 0.789. The van der Waals surface area contributed by atoms with Gasteiger partial charge in [-0.15, -0.1) is 5.10 Å².